The van der Waals surface area contributed by atoms with Gasteiger partial charge in [-0.2, -0.15) is 0 Å². The Balaban J connectivity index is 1.59. The van der Waals surface area contributed by atoms with Gasteiger partial charge in [0.15, 0.2) is 5.76 Å². The van der Waals surface area contributed by atoms with Crippen molar-refractivity contribution >= 4 is 17.6 Å². The lowest BCUT2D eigenvalue weighted by Gasteiger charge is -2.34. The second kappa shape index (κ2) is 7.99. The van der Waals surface area contributed by atoms with Gasteiger partial charge in [0.1, 0.15) is 11.5 Å². The number of piperazine rings is 1. The van der Waals surface area contributed by atoms with E-state index in [0.29, 0.717) is 56.5 Å². The Morgan fingerprint density at radius 1 is 1.12 bits per heavy atom. The third kappa shape index (κ3) is 3.68. The summed E-state index contributed by atoms with van der Waals surface area (Å²) in [6, 6.07) is 3.38. The maximum Gasteiger partial charge on any atom is 0.289 e. The van der Waals surface area contributed by atoms with Crippen LogP contribution in [0.25, 0.3) is 0 Å². The molecular formula is C18H23N5O3. The van der Waals surface area contributed by atoms with Gasteiger partial charge in [-0.1, -0.05) is 0 Å². The molecule has 0 aliphatic carbocycles. The number of hydrogen-bond acceptors (Lipinski definition) is 6. The average molecular weight is 357 g/mol. The molecule has 0 bridgehead atoms. The van der Waals surface area contributed by atoms with E-state index >= 15 is 0 Å². The first-order valence-electron chi connectivity index (χ1n) is 8.83. The van der Waals surface area contributed by atoms with E-state index in [4.69, 9.17) is 4.42 Å². The molecule has 1 saturated heterocycles. The molecule has 1 aliphatic heterocycles. The summed E-state index contributed by atoms with van der Waals surface area (Å²) in [7, 11) is 0. The number of amides is 2. The monoisotopic (exact) mass is 357 g/mol. The molecule has 3 rings (SSSR count). The van der Waals surface area contributed by atoms with Crippen LogP contribution in [0.15, 0.2) is 35.2 Å². The summed E-state index contributed by atoms with van der Waals surface area (Å²) in [5.41, 5.74) is 0.351. The Hall–Kier alpha value is -2.90. The molecule has 0 radical (unpaired) electrons. The summed E-state index contributed by atoms with van der Waals surface area (Å²) in [4.78, 5) is 38.8. The number of aromatic nitrogens is 2. The molecular weight excluding hydrogens is 334 g/mol. The fourth-order valence-electron chi connectivity index (χ4n) is 2.96. The van der Waals surface area contributed by atoms with E-state index in [1.165, 1.54) is 12.5 Å². The zero-order valence-corrected chi connectivity index (χ0v) is 15.1. The quantitative estimate of drug-likeness (QED) is 0.807. The molecule has 2 aromatic rings. The van der Waals surface area contributed by atoms with Gasteiger partial charge >= 0.3 is 0 Å². The second-order valence-corrected chi connectivity index (χ2v) is 5.99. The van der Waals surface area contributed by atoms with Crippen LogP contribution in [0.4, 0.5) is 5.82 Å². The lowest BCUT2D eigenvalue weighted by molar-refractivity contribution is 0.0713. The summed E-state index contributed by atoms with van der Waals surface area (Å²) in [5, 5.41) is 0. The van der Waals surface area contributed by atoms with E-state index in [9.17, 15) is 9.59 Å². The van der Waals surface area contributed by atoms with E-state index in [0.717, 1.165) is 0 Å². The van der Waals surface area contributed by atoms with Gasteiger partial charge < -0.3 is 19.1 Å². The van der Waals surface area contributed by atoms with Crippen LogP contribution in [0.3, 0.4) is 0 Å². The van der Waals surface area contributed by atoms with Gasteiger partial charge in [0.25, 0.3) is 11.8 Å². The molecule has 2 amide bonds. The van der Waals surface area contributed by atoms with Gasteiger partial charge in [-0.05, 0) is 26.0 Å². The first-order valence-corrected chi connectivity index (χ1v) is 8.83. The Labute approximate surface area is 152 Å². The van der Waals surface area contributed by atoms with Crippen LogP contribution in [-0.2, 0) is 0 Å². The minimum absolute atomic E-state index is 0.0964. The predicted molar refractivity (Wildman–Crippen MR) is 96.1 cm³/mol. The van der Waals surface area contributed by atoms with Gasteiger partial charge in [-0.25, -0.2) is 9.97 Å². The van der Waals surface area contributed by atoms with Gasteiger partial charge in [0, 0.05) is 39.3 Å². The standard InChI is InChI=1S/C18H23N5O3/c1-3-21(4-2)17(24)14-12-20-16(13-19-14)22-7-9-23(10-8-22)18(25)15-6-5-11-26-15/h5-6,11-13H,3-4,7-10H2,1-2H3. The van der Waals surface area contributed by atoms with Gasteiger partial charge in [-0.3, -0.25) is 9.59 Å². The summed E-state index contributed by atoms with van der Waals surface area (Å²) < 4.78 is 5.17. The molecule has 3 heterocycles. The normalized spacial score (nSPS) is 14.4. The molecule has 2 aromatic heterocycles. The second-order valence-electron chi connectivity index (χ2n) is 5.99. The SMILES string of the molecule is CCN(CC)C(=O)c1cnc(N2CCN(C(=O)c3ccco3)CC2)cn1. The number of hydrogen-bond donors (Lipinski definition) is 0. The molecule has 0 aromatic carbocycles. The third-order valence-electron chi connectivity index (χ3n) is 4.53. The summed E-state index contributed by atoms with van der Waals surface area (Å²) in [5.74, 6) is 0.868. The Bertz CT molecular complexity index is 733. The highest BCUT2D eigenvalue weighted by molar-refractivity contribution is 5.92. The molecule has 0 unspecified atom stereocenters. The van der Waals surface area contributed by atoms with Crippen molar-refractivity contribution in [2.45, 2.75) is 13.8 Å². The number of nitrogens with zero attached hydrogens (tertiary/aromatic N) is 5. The molecule has 138 valence electrons. The van der Waals surface area contributed by atoms with Crippen molar-refractivity contribution in [3.63, 3.8) is 0 Å². The van der Waals surface area contributed by atoms with Gasteiger partial charge in [0.2, 0.25) is 0 Å². The van der Waals surface area contributed by atoms with Crippen molar-refractivity contribution < 1.29 is 14.0 Å². The minimum atomic E-state index is -0.108. The van der Waals surface area contributed by atoms with Crippen LogP contribution in [0.1, 0.15) is 34.9 Å². The molecule has 1 fully saturated rings. The molecule has 1 aliphatic rings. The predicted octanol–water partition coefficient (Wildman–Crippen LogP) is 1.51. The lowest BCUT2D eigenvalue weighted by Crippen LogP contribution is -2.49. The number of carbonyl (C=O) groups excluding carboxylic acids is 2. The maximum atomic E-state index is 12.3. The van der Waals surface area contributed by atoms with Crippen molar-refractivity contribution in [1.82, 2.24) is 19.8 Å². The Morgan fingerprint density at radius 2 is 1.85 bits per heavy atom. The maximum absolute atomic E-state index is 12.3. The van der Waals surface area contributed by atoms with Crippen molar-refractivity contribution in [3.05, 3.63) is 42.2 Å². The van der Waals surface area contributed by atoms with Gasteiger partial charge in [0.05, 0.1) is 18.7 Å². The van der Waals surface area contributed by atoms with Crippen LogP contribution in [0.2, 0.25) is 0 Å². The zero-order valence-electron chi connectivity index (χ0n) is 15.1. The number of furan rings is 1. The van der Waals surface area contributed by atoms with E-state index in [2.05, 4.69) is 14.9 Å². The van der Waals surface area contributed by atoms with Crippen molar-refractivity contribution in [1.29, 1.82) is 0 Å². The molecule has 8 heteroatoms. The smallest absolute Gasteiger partial charge is 0.289 e. The molecule has 8 nitrogen and oxygen atoms in total. The van der Waals surface area contributed by atoms with Crippen LogP contribution in [-0.4, -0.2) is 70.9 Å². The molecule has 26 heavy (non-hydrogen) atoms. The number of carbonyl (C=O) groups is 2. The highest BCUT2D eigenvalue weighted by Crippen LogP contribution is 2.15. The van der Waals surface area contributed by atoms with Gasteiger partial charge in [-0.15, -0.1) is 0 Å². The fourth-order valence-corrected chi connectivity index (χ4v) is 2.96. The average Bonchev–Trinajstić information content (AvgIpc) is 3.23. The summed E-state index contributed by atoms with van der Waals surface area (Å²) in [6.07, 6.45) is 4.65. The van der Waals surface area contributed by atoms with Crippen LogP contribution < -0.4 is 4.90 Å². The number of anilines is 1. The first kappa shape index (κ1) is 17.9. The molecule has 0 N–H and O–H groups in total. The van der Waals surface area contributed by atoms with E-state index in [-0.39, 0.29) is 11.8 Å². The fraction of sp³-hybridized carbons (Fsp3) is 0.444. The molecule has 0 saturated carbocycles. The highest BCUT2D eigenvalue weighted by atomic mass is 16.3. The topological polar surface area (TPSA) is 82.8 Å². The molecule has 0 atom stereocenters. The summed E-state index contributed by atoms with van der Waals surface area (Å²) >= 11 is 0. The van der Waals surface area contributed by atoms with Crippen molar-refractivity contribution in [2.24, 2.45) is 0 Å². The minimum Gasteiger partial charge on any atom is -0.459 e. The van der Waals surface area contributed by atoms with Crippen molar-refractivity contribution in [3.8, 4) is 0 Å². The van der Waals surface area contributed by atoms with Crippen LogP contribution in [0, 0.1) is 0 Å². The number of rotatable bonds is 5. The van der Waals surface area contributed by atoms with Crippen LogP contribution in [0.5, 0.6) is 0 Å². The van der Waals surface area contributed by atoms with E-state index in [1.54, 1.807) is 28.1 Å². The van der Waals surface area contributed by atoms with E-state index < -0.39 is 0 Å². The van der Waals surface area contributed by atoms with E-state index in [1.807, 2.05) is 13.8 Å². The zero-order chi connectivity index (χ0) is 18.5. The largest absolute Gasteiger partial charge is 0.459 e. The highest BCUT2D eigenvalue weighted by Gasteiger charge is 2.24. The lowest BCUT2D eigenvalue weighted by atomic mass is 10.3. The molecule has 0 spiro atoms. The summed E-state index contributed by atoms with van der Waals surface area (Å²) in [6.45, 7) is 7.64. The Kier molecular flexibility index (Phi) is 5.50. The van der Waals surface area contributed by atoms with Crippen molar-refractivity contribution in [2.75, 3.05) is 44.2 Å². The third-order valence-corrected chi connectivity index (χ3v) is 4.53. The first-order chi connectivity index (χ1) is 12.6. The Morgan fingerprint density at radius 3 is 2.38 bits per heavy atom. The van der Waals surface area contributed by atoms with Crippen LogP contribution >= 0.6 is 0 Å².